The van der Waals surface area contributed by atoms with E-state index in [1.807, 2.05) is 6.21 Å². The summed E-state index contributed by atoms with van der Waals surface area (Å²) in [7, 11) is 0. The van der Waals surface area contributed by atoms with Crippen molar-refractivity contribution in [2.75, 3.05) is 0 Å². The normalized spacial score (nSPS) is 12.5. The van der Waals surface area contributed by atoms with Gasteiger partial charge >= 0.3 is 0 Å². The molecule has 0 radical (unpaired) electrons. The van der Waals surface area contributed by atoms with E-state index in [9.17, 15) is 0 Å². The monoisotopic (exact) mass is 428 g/mol. The Labute approximate surface area is 195 Å². The zero-order chi connectivity index (χ0) is 22.9. The van der Waals surface area contributed by atoms with Crippen LogP contribution in [0.3, 0.4) is 0 Å². The van der Waals surface area contributed by atoms with Crippen molar-refractivity contribution in [1.29, 1.82) is 0 Å². The van der Waals surface area contributed by atoms with Gasteiger partial charge in [-0.1, -0.05) is 101 Å². The van der Waals surface area contributed by atoms with Crippen LogP contribution in [0.15, 0.2) is 70.7 Å². The van der Waals surface area contributed by atoms with E-state index in [1.165, 1.54) is 36.8 Å². The molecule has 0 heterocycles. The first kappa shape index (κ1) is 25.5. The van der Waals surface area contributed by atoms with E-state index in [0.717, 1.165) is 49.2 Å². The average Bonchev–Trinajstić information content (AvgIpc) is 2.82. The summed E-state index contributed by atoms with van der Waals surface area (Å²) in [5.41, 5.74) is 5.40. The number of benzene rings is 2. The molecule has 0 aliphatic heterocycles. The Balaban J connectivity index is 2.14. The Hall–Kier alpha value is -2.74. The molecule has 0 bridgehead atoms. The van der Waals surface area contributed by atoms with E-state index in [4.69, 9.17) is 9.98 Å². The number of aliphatic imine (C=N–C) groups is 2. The van der Waals surface area contributed by atoms with Gasteiger partial charge < -0.3 is 0 Å². The second-order valence-corrected chi connectivity index (χ2v) is 8.24. The minimum absolute atomic E-state index is 0.938. The summed E-state index contributed by atoms with van der Waals surface area (Å²) in [5, 5.41) is 0. The first-order valence-corrected chi connectivity index (χ1v) is 12.4. The second kappa shape index (κ2) is 16.0. The maximum absolute atomic E-state index is 4.93. The minimum Gasteiger partial charge on any atom is -0.255 e. The predicted molar refractivity (Wildman–Crippen MR) is 145 cm³/mol. The van der Waals surface area contributed by atoms with Gasteiger partial charge in [0.15, 0.2) is 0 Å². The molecule has 0 fully saturated rings. The summed E-state index contributed by atoms with van der Waals surface area (Å²) in [6.45, 7) is 6.66. The summed E-state index contributed by atoms with van der Waals surface area (Å²) in [6.07, 6.45) is 21.2. The van der Waals surface area contributed by atoms with Gasteiger partial charge in [0.1, 0.15) is 0 Å². The lowest BCUT2D eigenvalue weighted by molar-refractivity contribution is 0.816. The van der Waals surface area contributed by atoms with E-state index in [1.54, 1.807) is 0 Å². The summed E-state index contributed by atoms with van der Waals surface area (Å²) < 4.78 is 0. The summed E-state index contributed by atoms with van der Waals surface area (Å²) in [5.74, 6) is 0. The van der Waals surface area contributed by atoms with Crippen LogP contribution in [0.5, 0.6) is 0 Å². The van der Waals surface area contributed by atoms with Crippen LogP contribution >= 0.6 is 0 Å². The molecule has 0 saturated carbocycles. The third-order valence-electron chi connectivity index (χ3n) is 5.23. The zero-order valence-electron chi connectivity index (χ0n) is 20.3. The largest absolute Gasteiger partial charge is 0.255 e. The number of nitrogens with zero attached hydrogens (tertiary/aromatic N) is 2. The highest BCUT2D eigenvalue weighted by Gasteiger charge is 1.99. The third-order valence-corrected chi connectivity index (χ3v) is 5.23. The van der Waals surface area contributed by atoms with Gasteiger partial charge in [0.25, 0.3) is 0 Å². The molecule has 2 rings (SSSR count). The molecular weight excluding hydrogens is 388 g/mol. The maximum atomic E-state index is 4.93. The smallest absolute Gasteiger partial charge is 0.0639 e. The lowest BCUT2D eigenvalue weighted by atomic mass is 10.1. The molecule has 0 saturated heterocycles. The van der Waals surface area contributed by atoms with Crippen molar-refractivity contribution in [2.24, 2.45) is 9.98 Å². The Morgan fingerprint density at radius 3 is 1.88 bits per heavy atom. The van der Waals surface area contributed by atoms with E-state index >= 15 is 0 Å². The molecule has 2 heteroatoms. The van der Waals surface area contributed by atoms with Crippen LogP contribution in [-0.2, 0) is 0 Å². The molecule has 0 aliphatic rings. The van der Waals surface area contributed by atoms with Crippen molar-refractivity contribution in [3.8, 4) is 0 Å². The topological polar surface area (TPSA) is 24.7 Å². The molecular formula is C30H40N2. The van der Waals surface area contributed by atoms with Crippen LogP contribution in [-0.4, -0.2) is 11.9 Å². The van der Waals surface area contributed by atoms with Crippen LogP contribution in [0.2, 0.25) is 0 Å². The fourth-order valence-electron chi connectivity index (χ4n) is 3.31. The Morgan fingerprint density at radius 2 is 1.28 bits per heavy atom. The molecule has 0 aromatic heterocycles. The van der Waals surface area contributed by atoms with Crippen LogP contribution in [0.1, 0.15) is 89.7 Å². The Kier molecular flexibility index (Phi) is 12.7. The number of unbranched alkanes of at least 4 members (excludes halogenated alkanes) is 5. The molecule has 170 valence electrons. The molecule has 0 amide bonds. The molecule has 0 N–H and O–H groups in total. The first-order valence-electron chi connectivity index (χ1n) is 12.4. The van der Waals surface area contributed by atoms with Crippen molar-refractivity contribution >= 4 is 35.5 Å². The fourth-order valence-corrected chi connectivity index (χ4v) is 3.31. The lowest BCUT2D eigenvalue weighted by Gasteiger charge is -2.03. The third kappa shape index (κ3) is 10.5. The number of rotatable bonds is 14. The van der Waals surface area contributed by atoms with Crippen molar-refractivity contribution in [2.45, 2.75) is 78.6 Å². The van der Waals surface area contributed by atoms with Crippen molar-refractivity contribution in [1.82, 2.24) is 0 Å². The van der Waals surface area contributed by atoms with Gasteiger partial charge in [-0.05, 0) is 61.1 Å². The lowest BCUT2D eigenvalue weighted by Crippen LogP contribution is -1.99. The molecule has 2 aromatic carbocycles. The van der Waals surface area contributed by atoms with Gasteiger partial charge in [0, 0.05) is 6.21 Å². The van der Waals surface area contributed by atoms with Crippen molar-refractivity contribution in [3.05, 3.63) is 71.8 Å². The highest BCUT2D eigenvalue weighted by molar-refractivity contribution is 6.31. The highest BCUT2D eigenvalue weighted by atomic mass is 14.8. The summed E-state index contributed by atoms with van der Waals surface area (Å²) >= 11 is 0. The van der Waals surface area contributed by atoms with Gasteiger partial charge in [-0.3, -0.25) is 9.98 Å². The van der Waals surface area contributed by atoms with Crippen LogP contribution in [0.25, 0.3) is 12.2 Å². The van der Waals surface area contributed by atoms with Crippen molar-refractivity contribution in [3.63, 3.8) is 0 Å². The maximum Gasteiger partial charge on any atom is 0.0639 e. The van der Waals surface area contributed by atoms with E-state index in [-0.39, 0.29) is 0 Å². The number of allylic oxidation sites excluding steroid dienone is 2. The van der Waals surface area contributed by atoms with Gasteiger partial charge in [-0.2, -0.15) is 0 Å². The molecule has 32 heavy (non-hydrogen) atoms. The van der Waals surface area contributed by atoms with E-state index < -0.39 is 0 Å². The van der Waals surface area contributed by atoms with Gasteiger partial charge in [0.2, 0.25) is 0 Å². The molecule has 0 aliphatic carbocycles. The Morgan fingerprint density at radius 1 is 0.719 bits per heavy atom. The SMILES string of the molecule is CCCCC=Cc1cccc(N=CC(CCCC)=Nc2cccc(C=CCCCC)c2)c1. The number of hydrogen-bond donors (Lipinski definition) is 0. The van der Waals surface area contributed by atoms with Crippen LogP contribution in [0.4, 0.5) is 11.4 Å². The fraction of sp³-hybridized carbons (Fsp3) is 0.400. The average molecular weight is 429 g/mol. The van der Waals surface area contributed by atoms with Gasteiger partial charge in [0.05, 0.1) is 17.1 Å². The molecule has 0 atom stereocenters. The van der Waals surface area contributed by atoms with Gasteiger partial charge in [-0.25, -0.2) is 0 Å². The zero-order valence-corrected chi connectivity index (χ0v) is 20.3. The summed E-state index contributed by atoms with van der Waals surface area (Å²) in [4.78, 5) is 9.68. The quantitative estimate of drug-likeness (QED) is 0.211. The molecule has 0 unspecified atom stereocenters. The number of hydrogen-bond acceptors (Lipinski definition) is 2. The first-order chi connectivity index (χ1) is 15.7. The highest BCUT2D eigenvalue weighted by Crippen LogP contribution is 2.19. The van der Waals surface area contributed by atoms with Crippen molar-refractivity contribution < 1.29 is 0 Å². The van der Waals surface area contributed by atoms with E-state index in [0.29, 0.717) is 0 Å². The standard InChI is InChI=1S/C30H40N2/c1-4-7-10-12-16-26-18-14-21-28(23-26)31-25-30(20-9-6-3)32-29-22-15-19-27(24-29)17-13-11-8-5-2/h12-19,21-25H,4-11,20H2,1-3H3. The van der Waals surface area contributed by atoms with Gasteiger partial charge in [-0.15, -0.1) is 0 Å². The second-order valence-electron chi connectivity index (χ2n) is 8.24. The predicted octanol–water partition coefficient (Wildman–Crippen LogP) is 9.76. The van der Waals surface area contributed by atoms with Crippen LogP contribution in [0, 0.1) is 0 Å². The molecule has 2 nitrogen and oxygen atoms in total. The molecule has 2 aromatic rings. The Bertz CT molecular complexity index is 903. The minimum atomic E-state index is 0.938. The van der Waals surface area contributed by atoms with Crippen LogP contribution < -0.4 is 0 Å². The molecule has 0 spiro atoms. The van der Waals surface area contributed by atoms with E-state index in [2.05, 4.69) is 93.6 Å². The summed E-state index contributed by atoms with van der Waals surface area (Å²) in [6, 6.07) is 16.9.